The van der Waals surface area contributed by atoms with Gasteiger partial charge in [-0.15, -0.1) is 0 Å². The van der Waals surface area contributed by atoms with Gasteiger partial charge < -0.3 is 0 Å². The Morgan fingerprint density at radius 2 is 0.714 bits per heavy atom. The van der Waals surface area contributed by atoms with Crippen LogP contribution < -0.4 is 0 Å². The molecular formula is C40H24N2. The number of fused-ring (bicyclic) bond motifs is 3. The molecule has 194 valence electrons. The summed E-state index contributed by atoms with van der Waals surface area (Å²) in [6.45, 7) is 0. The van der Waals surface area contributed by atoms with Gasteiger partial charge in [-0.2, -0.15) is 0 Å². The van der Waals surface area contributed by atoms with Gasteiger partial charge in [0.25, 0.3) is 0 Å². The minimum Gasteiger partial charge on any atom is -0.245 e. The van der Waals surface area contributed by atoms with Crippen molar-refractivity contribution in [1.29, 1.82) is 0 Å². The highest BCUT2D eigenvalue weighted by molar-refractivity contribution is 6.08. The summed E-state index contributed by atoms with van der Waals surface area (Å²) in [6, 6.07) is 48.9. The fraction of sp³-hybridized carbons (Fsp3) is 0. The van der Waals surface area contributed by atoms with Crippen LogP contribution in [0.15, 0.2) is 146 Å². The predicted molar refractivity (Wildman–Crippen MR) is 173 cm³/mol. The van der Waals surface area contributed by atoms with Gasteiger partial charge in [-0.3, -0.25) is 0 Å². The zero-order chi connectivity index (χ0) is 28.1. The maximum Gasteiger partial charge on any atom is 0.0985 e. The summed E-state index contributed by atoms with van der Waals surface area (Å²) in [7, 11) is 0. The number of hydrogen-bond acceptors (Lipinski definition) is 2. The molecule has 0 unspecified atom stereocenters. The molecule has 2 aromatic heterocycles. The number of benzene rings is 5. The van der Waals surface area contributed by atoms with Crippen LogP contribution in [-0.2, 0) is 0 Å². The van der Waals surface area contributed by atoms with E-state index in [1.54, 1.807) is 0 Å². The van der Waals surface area contributed by atoms with Crippen molar-refractivity contribution in [3.8, 4) is 46.2 Å². The average Bonchev–Trinajstić information content (AvgIpc) is 3.07. The third-order valence-corrected chi connectivity index (χ3v) is 7.13. The molecule has 0 radical (unpaired) electrons. The quantitative estimate of drug-likeness (QED) is 0.164. The van der Waals surface area contributed by atoms with E-state index in [1.807, 2.05) is 97.1 Å². The molecule has 5 aromatic carbocycles. The van der Waals surface area contributed by atoms with Gasteiger partial charge in [0.15, 0.2) is 0 Å². The van der Waals surface area contributed by atoms with E-state index in [9.17, 15) is 0 Å². The highest BCUT2D eigenvalue weighted by Gasteiger charge is 2.14. The van der Waals surface area contributed by atoms with E-state index < -0.39 is 0 Å². The maximum atomic E-state index is 5.20. The molecule has 0 N–H and O–H groups in total. The molecule has 0 aliphatic rings. The fourth-order valence-electron chi connectivity index (χ4n) is 5.02. The number of hydrogen-bond donors (Lipinski definition) is 0. The Morgan fingerprint density at radius 3 is 1.10 bits per heavy atom. The topological polar surface area (TPSA) is 25.8 Å². The molecule has 0 aliphatic carbocycles. The molecule has 0 aliphatic heterocycles. The summed E-state index contributed by atoms with van der Waals surface area (Å²) in [6.07, 6.45) is 0. The first-order chi connectivity index (χ1) is 20.8. The van der Waals surface area contributed by atoms with E-state index >= 15 is 0 Å². The highest BCUT2D eigenvalue weighted by Crippen LogP contribution is 2.32. The monoisotopic (exact) mass is 532 g/mol. The minimum absolute atomic E-state index is 0.812. The zero-order valence-corrected chi connectivity index (χ0v) is 22.8. The Bertz CT molecular complexity index is 2000. The van der Waals surface area contributed by atoms with Crippen LogP contribution >= 0.6 is 0 Å². The Labute approximate surface area is 245 Å². The summed E-state index contributed by atoms with van der Waals surface area (Å²) in [4.78, 5) is 10.4. The molecule has 2 nitrogen and oxygen atoms in total. The van der Waals surface area contributed by atoms with Crippen molar-refractivity contribution in [2.24, 2.45) is 0 Å². The summed E-state index contributed by atoms with van der Waals surface area (Å²) >= 11 is 0. The molecule has 2 heteroatoms. The summed E-state index contributed by atoms with van der Waals surface area (Å²) in [5.41, 5.74) is 9.15. The Balaban J connectivity index is 1.53. The number of aromatic nitrogens is 2. The molecule has 42 heavy (non-hydrogen) atoms. The molecule has 2 heterocycles. The normalized spacial score (nSPS) is 10.5. The molecule has 0 spiro atoms. The van der Waals surface area contributed by atoms with Crippen LogP contribution in [0, 0.1) is 23.7 Å². The molecule has 0 fully saturated rings. The Hall–Kier alpha value is -5.96. The van der Waals surface area contributed by atoms with Crippen molar-refractivity contribution in [2.75, 3.05) is 0 Å². The minimum atomic E-state index is 0.812. The van der Waals surface area contributed by atoms with Crippen molar-refractivity contribution in [2.45, 2.75) is 0 Å². The fourth-order valence-corrected chi connectivity index (χ4v) is 5.02. The summed E-state index contributed by atoms with van der Waals surface area (Å²) in [5.74, 6) is 13.6. The second-order valence-corrected chi connectivity index (χ2v) is 9.93. The van der Waals surface area contributed by atoms with Crippen molar-refractivity contribution >= 4 is 21.8 Å². The largest absolute Gasteiger partial charge is 0.245 e. The van der Waals surface area contributed by atoms with Crippen LogP contribution in [0.25, 0.3) is 44.3 Å². The highest BCUT2D eigenvalue weighted by atomic mass is 14.8. The van der Waals surface area contributed by atoms with Crippen LogP contribution in [-0.4, -0.2) is 9.97 Å². The van der Waals surface area contributed by atoms with E-state index in [0.29, 0.717) is 0 Å². The van der Waals surface area contributed by atoms with Gasteiger partial charge >= 0.3 is 0 Å². The van der Waals surface area contributed by atoms with Gasteiger partial charge in [0.1, 0.15) is 0 Å². The van der Waals surface area contributed by atoms with Crippen LogP contribution in [0.2, 0.25) is 0 Å². The van der Waals surface area contributed by atoms with Gasteiger partial charge in [-0.1, -0.05) is 133 Å². The summed E-state index contributed by atoms with van der Waals surface area (Å²) in [5, 5.41) is 1.93. The van der Waals surface area contributed by atoms with Gasteiger partial charge in [0.2, 0.25) is 0 Å². The molecule has 7 aromatic rings. The third kappa shape index (κ3) is 5.14. The van der Waals surface area contributed by atoms with Crippen LogP contribution in [0.4, 0.5) is 0 Å². The van der Waals surface area contributed by atoms with Crippen LogP contribution in [0.1, 0.15) is 22.3 Å². The van der Waals surface area contributed by atoms with Gasteiger partial charge in [0, 0.05) is 44.2 Å². The van der Waals surface area contributed by atoms with E-state index in [0.717, 1.165) is 66.6 Å². The van der Waals surface area contributed by atoms with Crippen LogP contribution in [0.5, 0.6) is 0 Å². The van der Waals surface area contributed by atoms with Gasteiger partial charge in [-0.05, 0) is 36.4 Å². The van der Waals surface area contributed by atoms with Crippen molar-refractivity contribution in [3.05, 3.63) is 168 Å². The Kier molecular flexibility index (Phi) is 6.71. The lowest BCUT2D eigenvalue weighted by molar-refractivity contribution is 1.36. The second kappa shape index (κ2) is 11.3. The molecule has 0 bridgehead atoms. The average molecular weight is 533 g/mol. The van der Waals surface area contributed by atoms with Crippen molar-refractivity contribution in [3.63, 3.8) is 0 Å². The lowest BCUT2D eigenvalue weighted by Crippen LogP contribution is -1.96. The van der Waals surface area contributed by atoms with Crippen molar-refractivity contribution in [1.82, 2.24) is 9.97 Å². The van der Waals surface area contributed by atoms with Gasteiger partial charge in [-0.25, -0.2) is 9.97 Å². The SMILES string of the molecule is C(#Cc1cc(-c2ccccc2)nc2c1ccc1c(C#Cc3ccccc3)cc(-c3ccccc3)nc12)c1ccccc1. The predicted octanol–water partition coefficient (Wildman–Crippen LogP) is 8.92. The van der Waals surface area contributed by atoms with E-state index in [4.69, 9.17) is 9.97 Å². The third-order valence-electron chi connectivity index (χ3n) is 7.13. The smallest absolute Gasteiger partial charge is 0.0985 e. The molecule has 0 atom stereocenters. The number of nitrogens with zero attached hydrogens (tertiary/aromatic N) is 2. The molecule has 0 saturated heterocycles. The molecular weight excluding hydrogens is 508 g/mol. The van der Waals surface area contributed by atoms with E-state index in [-0.39, 0.29) is 0 Å². The number of rotatable bonds is 2. The first kappa shape index (κ1) is 25.0. The summed E-state index contributed by atoms with van der Waals surface area (Å²) < 4.78 is 0. The lowest BCUT2D eigenvalue weighted by atomic mass is 9.98. The first-order valence-corrected chi connectivity index (χ1v) is 13.9. The first-order valence-electron chi connectivity index (χ1n) is 13.9. The van der Waals surface area contributed by atoms with E-state index in [2.05, 4.69) is 72.2 Å². The maximum absolute atomic E-state index is 5.20. The Morgan fingerprint density at radius 1 is 0.357 bits per heavy atom. The van der Waals surface area contributed by atoms with Crippen molar-refractivity contribution < 1.29 is 0 Å². The zero-order valence-electron chi connectivity index (χ0n) is 22.8. The number of pyridine rings is 2. The molecule has 7 rings (SSSR count). The molecule has 0 saturated carbocycles. The second-order valence-electron chi connectivity index (χ2n) is 9.93. The van der Waals surface area contributed by atoms with Crippen LogP contribution in [0.3, 0.4) is 0 Å². The molecule has 0 amide bonds. The van der Waals surface area contributed by atoms with E-state index in [1.165, 1.54) is 0 Å². The lowest BCUT2D eigenvalue weighted by Gasteiger charge is -2.11. The standard InChI is InChI=1S/C40H24N2/c1-5-13-29(14-6-1)21-23-33-27-37(31-17-9-3-10-18-31)41-39-35(33)25-26-36-34(24-22-30-15-7-2-8-16-30)28-38(42-40(36)39)32-19-11-4-12-20-32/h1-20,25-28H. The van der Waals surface area contributed by atoms with Gasteiger partial charge in [0.05, 0.1) is 22.4 Å².